The molecule has 0 radical (unpaired) electrons. The van der Waals surface area contributed by atoms with Crippen LogP contribution in [-0.4, -0.2) is 47.7 Å². The molecule has 1 aromatic carbocycles. The van der Waals surface area contributed by atoms with Crippen molar-refractivity contribution in [1.29, 1.82) is 0 Å². The normalized spacial score (nSPS) is 20.7. The third-order valence-corrected chi connectivity index (χ3v) is 5.84. The Morgan fingerprint density at radius 2 is 2.05 bits per heavy atom. The molecule has 2 fully saturated rings. The molecule has 0 aromatic heterocycles. The largest absolute Gasteiger partial charge is 0.484 e. The van der Waals surface area contributed by atoms with Gasteiger partial charge < -0.3 is 15.0 Å². The Morgan fingerprint density at radius 3 is 2.76 bits per heavy atom. The van der Waals surface area contributed by atoms with E-state index in [-0.39, 0.29) is 17.4 Å². The molecule has 4 nitrogen and oxygen atoms in total. The van der Waals surface area contributed by atoms with Crippen LogP contribution in [0.15, 0.2) is 24.3 Å². The van der Waals surface area contributed by atoms with E-state index in [4.69, 9.17) is 16.3 Å². The highest BCUT2D eigenvalue weighted by atomic mass is 35.5. The number of benzene rings is 1. The van der Waals surface area contributed by atoms with Gasteiger partial charge in [0.2, 0.25) is 0 Å². The van der Waals surface area contributed by atoms with Crippen molar-refractivity contribution >= 4 is 29.3 Å². The fourth-order valence-electron chi connectivity index (χ4n) is 2.95. The Morgan fingerprint density at radius 1 is 1.33 bits per heavy atom. The molecule has 2 aliphatic heterocycles. The Kier molecular flexibility index (Phi) is 4.62. The maximum Gasteiger partial charge on any atom is 0.261 e. The second-order valence-electron chi connectivity index (χ2n) is 5.33. The van der Waals surface area contributed by atoms with Gasteiger partial charge in [-0.1, -0.05) is 11.6 Å². The van der Waals surface area contributed by atoms with Gasteiger partial charge in [-0.05, 0) is 50.2 Å². The summed E-state index contributed by atoms with van der Waals surface area (Å²) in [5.74, 6) is 1.78. The Hall–Kier alpha value is -0.910. The van der Waals surface area contributed by atoms with Gasteiger partial charge in [0.15, 0.2) is 6.61 Å². The summed E-state index contributed by atoms with van der Waals surface area (Å²) in [6.07, 6.45) is 2.04. The molecule has 0 bridgehead atoms. The zero-order valence-electron chi connectivity index (χ0n) is 11.8. The first-order valence-corrected chi connectivity index (χ1v) is 8.59. The lowest BCUT2D eigenvalue weighted by Crippen LogP contribution is -2.52. The average Bonchev–Trinajstić information content (AvgIpc) is 2.90. The van der Waals surface area contributed by atoms with Crippen LogP contribution in [0.3, 0.4) is 0 Å². The number of halogens is 1. The summed E-state index contributed by atoms with van der Waals surface area (Å²) in [5, 5.41) is 4.03. The van der Waals surface area contributed by atoms with Crippen molar-refractivity contribution in [2.24, 2.45) is 0 Å². The Labute approximate surface area is 134 Å². The van der Waals surface area contributed by atoms with E-state index in [2.05, 4.69) is 5.32 Å². The summed E-state index contributed by atoms with van der Waals surface area (Å²) in [7, 11) is 0. The molecule has 1 N–H and O–H groups in total. The zero-order valence-corrected chi connectivity index (χ0v) is 13.4. The first-order chi connectivity index (χ1) is 10.2. The lowest BCUT2D eigenvalue weighted by atomic mass is 10.0. The number of nitrogens with zero attached hydrogens (tertiary/aromatic N) is 1. The van der Waals surface area contributed by atoms with Crippen molar-refractivity contribution in [2.75, 3.05) is 32.0 Å². The van der Waals surface area contributed by atoms with Crippen LogP contribution in [0.4, 0.5) is 0 Å². The van der Waals surface area contributed by atoms with Gasteiger partial charge in [0.1, 0.15) is 5.75 Å². The van der Waals surface area contributed by atoms with E-state index in [0.29, 0.717) is 10.8 Å². The summed E-state index contributed by atoms with van der Waals surface area (Å²) in [5.41, 5.74) is 0. The Balaban J connectivity index is 1.60. The maximum atomic E-state index is 12.5. The predicted octanol–water partition coefficient (Wildman–Crippen LogP) is 2.37. The minimum atomic E-state index is -0.00824. The molecule has 6 heteroatoms. The van der Waals surface area contributed by atoms with Gasteiger partial charge in [-0.3, -0.25) is 4.79 Å². The molecule has 114 valence electrons. The summed E-state index contributed by atoms with van der Waals surface area (Å²) < 4.78 is 5.59. The molecule has 1 amide bonds. The SMILES string of the molecule is O=C(COc1ccc(Cl)cc1)N1CCSC12CCNCC2. The van der Waals surface area contributed by atoms with E-state index in [1.54, 1.807) is 24.3 Å². The van der Waals surface area contributed by atoms with Crippen LogP contribution in [0.25, 0.3) is 0 Å². The highest BCUT2D eigenvalue weighted by Gasteiger charge is 2.44. The van der Waals surface area contributed by atoms with Gasteiger partial charge in [0.05, 0.1) is 4.87 Å². The molecule has 2 aliphatic rings. The van der Waals surface area contributed by atoms with E-state index >= 15 is 0 Å². The van der Waals surface area contributed by atoms with Crippen molar-refractivity contribution < 1.29 is 9.53 Å². The highest BCUT2D eigenvalue weighted by molar-refractivity contribution is 8.00. The van der Waals surface area contributed by atoms with Crippen molar-refractivity contribution in [1.82, 2.24) is 10.2 Å². The number of carbonyl (C=O) groups is 1. The van der Waals surface area contributed by atoms with E-state index in [1.165, 1.54) is 0 Å². The van der Waals surface area contributed by atoms with Crippen LogP contribution >= 0.6 is 23.4 Å². The molecule has 0 aliphatic carbocycles. The van der Waals surface area contributed by atoms with Crippen molar-refractivity contribution in [3.8, 4) is 5.75 Å². The maximum absolute atomic E-state index is 12.5. The summed E-state index contributed by atoms with van der Waals surface area (Å²) in [6, 6.07) is 7.10. The summed E-state index contributed by atoms with van der Waals surface area (Å²) in [4.78, 5) is 14.5. The zero-order chi connectivity index (χ0) is 14.7. The van der Waals surface area contributed by atoms with Gasteiger partial charge in [-0.25, -0.2) is 0 Å². The molecule has 0 atom stereocenters. The first-order valence-electron chi connectivity index (χ1n) is 7.23. The first kappa shape index (κ1) is 15.0. The van der Waals surface area contributed by atoms with Crippen LogP contribution in [0, 0.1) is 0 Å². The molecule has 1 aromatic rings. The van der Waals surface area contributed by atoms with E-state index in [1.807, 2.05) is 16.7 Å². The number of thioether (sulfide) groups is 1. The van der Waals surface area contributed by atoms with Gasteiger partial charge in [-0.2, -0.15) is 0 Å². The number of rotatable bonds is 3. The van der Waals surface area contributed by atoms with Gasteiger partial charge in [0, 0.05) is 17.3 Å². The minimum absolute atomic E-state index is 0.00824. The van der Waals surface area contributed by atoms with Crippen LogP contribution < -0.4 is 10.1 Å². The molecule has 21 heavy (non-hydrogen) atoms. The topological polar surface area (TPSA) is 41.6 Å². The van der Waals surface area contributed by atoms with Crippen LogP contribution in [-0.2, 0) is 4.79 Å². The van der Waals surface area contributed by atoms with Crippen molar-refractivity contribution in [3.05, 3.63) is 29.3 Å². The summed E-state index contributed by atoms with van der Waals surface area (Å²) >= 11 is 7.75. The third kappa shape index (κ3) is 3.30. The number of hydrogen-bond donors (Lipinski definition) is 1. The van der Waals surface area contributed by atoms with Gasteiger partial charge in [-0.15, -0.1) is 11.8 Å². The highest BCUT2D eigenvalue weighted by Crippen LogP contribution is 2.42. The van der Waals surface area contributed by atoms with E-state index in [0.717, 1.165) is 38.2 Å². The smallest absolute Gasteiger partial charge is 0.261 e. The minimum Gasteiger partial charge on any atom is -0.484 e. The second kappa shape index (κ2) is 6.46. The summed E-state index contributed by atoms with van der Waals surface area (Å²) in [6.45, 7) is 2.88. The second-order valence-corrected chi connectivity index (χ2v) is 7.23. The third-order valence-electron chi connectivity index (χ3n) is 4.04. The fraction of sp³-hybridized carbons (Fsp3) is 0.533. The molecule has 3 rings (SSSR count). The number of amides is 1. The molecule has 1 spiro atoms. The number of ether oxygens (including phenoxy) is 1. The predicted molar refractivity (Wildman–Crippen MR) is 86.0 cm³/mol. The average molecular weight is 327 g/mol. The van der Waals surface area contributed by atoms with Gasteiger partial charge in [0.25, 0.3) is 5.91 Å². The van der Waals surface area contributed by atoms with Crippen LogP contribution in [0.2, 0.25) is 5.02 Å². The molecule has 2 saturated heterocycles. The number of carbonyl (C=O) groups excluding carboxylic acids is 1. The lowest BCUT2D eigenvalue weighted by molar-refractivity contribution is -0.136. The fourth-order valence-corrected chi connectivity index (χ4v) is 4.57. The number of piperidine rings is 1. The molecular formula is C15H19ClN2O2S. The lowest BCUT2D eigenvalue weighted by Gasteiger charge is -2.40. The van der Waals surface area contributed by atoms with Crippen LogP contribution in [0.1, 0.15) is 12.8 Å². The molecular weight excluding hydrogens is 308 g/mol. The van der Waals surface area contributed by atoms with Gasteiger partial charge >= 0.3 is 0 Å². The number of nitrogens with one attached hydrogen (secondary N) is 1. The molecule has 2 heterocycles. The quantitative estimate of drug-likeness (QED) is 0.926. The standard InChI is InChI=1S/C15H19ClN2O2S/c16-12-1-3-13(4-2-12)20-11-14(19)18-9-10-21-15(18)5-7-17-8-6-15/h1-4,17H,5-11H2. The molecule has 0 saturated carbocycles. The number of hydrogen-bond acceptors (Lipinski definition) is 4. The Bertz CT molecular complexity index is 503. The van der Waals surface area contributed by atoms with Crippen LogP contribution in [0.5, 0.6) is 5.75 Å². The molecule has 0 unspecified atom stereocenters. The van der Waals surface area contributed by atoms with E-state index in [9.17, 15) is 4.79 Å². The van der Waals surface area contributed by atoms with Crippen molar-refractivity contribution in [2.45, 2.75) is 17.7 Å². The van der Waals surface area contributed by atoms with Crippen molar-refractivity contribution in [3.63, 3.8) is 0 Å². The monoisotopic (exact) mass is 326 g/mol. The van der Waals surface area contributed by atoms with E-state index < -0.39 is 0 Å².